The van der Waals surface area contributed by atoms with E-state index >= 15 is 0 Å². The Bertz CT molecular complexity index is 476. The summed E-state index contributed by atoms with van der Waals surface area (Å²) >= 11 is 0. The Balaban J connectivity index is 1.77. The highest BCUT2D eigenvalue weighted by atomic mass is 16.5. The number of ether oxygens (including phenoxy) is 1. The molecule has 2 aliphatic rings. The Hall–Kier alpha value is -1.23. The molecule has 0 radical (unpaired) electrons. The standard InChI is InChI=1S/C16H24N2O3/c1-2-20-16(10-4-3-5-11-16)15-17-14(21-18-15)12-6-8-13(19)9-7-12/h12H,2-11H2,1H3. The summed E-state index contributed by atoms with van der Waals surface area (Å²) in [6.45, 7) is 2.69. The van der Waals surface area contributed by atoms with E-state index < -0.39 is 0 Å². The van der Waals surface area contributed by atoms with Crippen molar-refractivity contribution < 1.29 is 14.1 Å². The van der Waals surface area contributed by atoms with Gasteiger partial charge in [0.05, 0.1) is 0 Å². The van der Waals surface area contributed by atoms with Crippen LogP contribution in [0.5, 0.6) is 0 Å². The molecule has 5 nitrogen and oxygen atoms in total. The van der Waals surface area contributed by atoms with Crippen molar-refractivity contribution in [3.05, 3.63) is 11.7 Å². The minimum atomic E-state index is -0.348. The van der Waals surface area contributed by atoms with E-state index in [1.807, 2.05) is 6.92 Å². The van der Waals surface area contributed by atoms with Crippen LogP contribution in [-0.2, 0) is 15.1 Å². The largest absolute Gasteiger partial charge is 0.367 e. The van der Waals surface area contributed by atoms with E-state index in [1.165, 1.54) is 6.42 Å². The maximum absolute atomic E-state index is 11.3. The highest BCUT2D eigenvalue weighted by Crippen LogP contribution is 2.40. The first kappa shape index (κ1) is 14.7. The van der Waals surface area contributed by atoms with Gasteiger partial charge in [0.2, 0.25) is 11.7 Å². The molecule has 0 N–H and O–H groups in total. The summed E-state index contributed by atoms with van der Waals surface area (Å²) in [7, 11) is 0. The first-order valence-corrected chi connectivity index (χ1v) is 8.23. The van der Waals surface area contributed by atoms with Gasteiger partial charge < -0.3 is 9.26 Å². The van der Waals surface area contributed by atoms with Crippen molar-refractivity contribution in [3.8, 4) is 0 Å². The second-order valence-electron chi connectivity index (χ2n) is 6.26. The van der Waals surface area contributed by atoms with Crippen LogP contribution < -0.4 is 0 Å². The van der Waals surface area contributed by atoms with Gasteiger partial charge in [0.25, 0.3) is 0 Å². The predicted octanol–water partition coefficient (Wildman–Crippen LogP) is 3.49. The fourth-order valence-electron chi connectivity index (χ4n) is 3.60. The van der Waals surface area contributed by atoms with E-state index in [0.29, 0.717) is 31.1 Å². The summed E-state index contributed by atoms with van der Waals surface area (Å²) in [5.41, 5.74) is -0.348. The van der Waals surface area contributed by atoms with E-state index in [1.54, 1.807) is 0 Å². The smallest absolute Gasteiger partial charge is 0.229 e. The van der Waals surface area contributed by atoms with Crippen LogP contribution in [0.4, 0.5) is 0 Å². The summed E-state index contributed by atoms with van der Waals surface area (Å²) in [5.74, 6) is 2.01. The van der Waals surface area contributed by atoms with E-state index in [0.717, 1.165) is 44.3 Å². The molecule has 5 heteroatoms. The molecule has 0 aromatic carbocycles. The maximum atomic E-state index is 11.3. The molecule has 1 heterocycles. The highest BCUT2D eigenvalue weighted by molar-refractivity contribution is 5.79. The van der Waals surface area contributed by atoms with Crippen molar-refractivity contribution in [2.45, 2.75) is 76.2 Å². The Kier molecular flexibility index (Phi) is 4.38. The molecule has 0 bridgehead atoms. The van der Waals surface area contributed by atoms with Crippen molar-refractivity contribution in [2.75, 3.05) is 6.61 Å². The number of carbonyl (C=O) groups is 1. The molecule has 0 unspecified atom stereocenters. The van der Waals surface area contributed by atoms with Gasteiger partial charge in [-0.15, -0.1) is 0 Å². The molecule has 1 aromatic rings. The SMILES string of the molecule is CCOC1(c2noc(C3CCC(=O)CC3)n2)CCCCC1. The third-order valence-electron chi connectivity index (χ3n) is 4.82. The molecule has 0 aliphatic heterocycles. The van der Waals surface area contributed by atoms with Crippen LogP contribution in [-0.4, -0.2) is 22.5 Å². The number of hydrogen-bond donors (Lipinski definition) is 0. The lowest BCUT2D eigenvalue weighted by Crippen LogP contribution is -2.33. The fraction of sp³-hybridized carbons (Fsp3) is 0.812. The Morgan fingerprint density at radius 3 is 2.62 bits per heavy atom. The number of rotatable bonds is 4. The van der Waals surface area contributed by atoms with Gasteiger partial charge in [0.1, 0.15) is 11.4 Å². The summed E-state index contributed by atoms with van der Waals surface area (Å²) in [6.07, 6.45) is 8.46. The number of hydrogen-bond acceptors (Lipinski definition) is 5. The highest BCUT2D eigenvalue weighted by Gasteiger charge is 2.40. The van der Waals surface area contributed by atoms with Gasteiger partial charge in [-0.05, 0) is 32.6 Å². The molecule has 2 aliphatic carbocycles. The first-order chi connectivity index (χ1) is 10.2. The number of nitrogens with zero attached hydrogens (tertiary/aromatic N) is 2. The third kappa shape index (κ3) is 3.03. The lowest BCUT2D eigenvalue weighted by Gasteiger charge is -2.33. The second-order valence-corrected chi connectivity index (χ2v) is 6.26. The zero-order valence-electron chi connectivity index (χ0n) is 12.8. The number of carbonyl (C=O) groups excluding carboxylic acids is 1. The normalized spacial score (nSPS) is 23.4. The third-order valence-corrected chi connectivity index (χ3v) is 4.82. The monoisotopic (exact) mass is 292 g/mol. The summed E-state index contributed by atoms with van der Waals surface area (Å²) < 4.78 is 11.5. The van der Waals surface area contributed by atoms with Gasteiger partial charge in [-0.1, -0.05) is 24.4 Å². The summed E-state index contributed by atoms with van der Waals surface area (Å²) in [4.78, 5) is 16.0. The predicted molar refractivity (Wildman–Crippen MR) is 76.9 cm³/mol. The molecule has 0 spiro atoms. The number of aromatic nitrogens is 2. The summed E-state index contributed by atoms with van der Waals surface area (Å²) in [5, 5.41) is 4.23. The quantitative estimate of drug-likeness (QED) is 0.849. The lowest BCUT2D eigenvalue weighted by molar-refractivity contribution is -0.120. The van der Waals surface area contributed by atoms with E-state index in [9.17, 15) is 4.79 Å². The average molecular weight is 292 g/mol. The topological polar surface area (TPSA) is 65.2 Å². The summed E-state index contributed by atoms with van der Waals surface area (Å²) in [6, 6.07) is 0. The van der Waals surface area contributed by atoms with E-state index in [2.05, 4.69) is 10.1 Å². The molecule has 0 amide bonds. The zero-order chi connectivity index (χ0) is 14.7. The van der Waals surface area contributed by atoms with Gasteiger partial charge >= 0.3 is 0 Å². The molecule has 21 heavy (non-hydrogen) atoms. The van der Waals surface area contributed by atoms with Crippen LogP contribution in [0, 0.1) is 0 Å². The Labute approximate surface area is 125 Å². The van der Waals surface area contributed by atoms with Crippen LogP contribution in [0.3, 0.4) is 0 Å². The van der Waals surface area contributed by atoms with Crippen molar-refractivity contribution >= 4 is 5.78 Å². The fourth-order valence-corrected chi connectivity index (χ4v) is 3.60. The Morgan fingerprint density at radius 2 is 1.95 bits per heavy atom. The van der Waals surface area contributed by atoms with Crippen molar-refractivity contribution in [2.24, 2.45) is 0 Å². The van der Waals surface area contributed by atoms with Crippen molar-refractivity contribution in [3.63, 3.8) is 0 Å². The Morgan fingerprint density at radius 1 is 1.24 bits per heavy atom. The molecule has 1 aromatic heterocycles. The number of ketones is 1. The minimum absolute atomic E-state index is 0.242. The molecule has 3 rings (SSSR count). The molecule has 2 fully saturated rings. The molecule has 2 saturated carbocycles. The van der Waals surface area contributed by atoms with Crippen molar-refractivity contribution in [1.29, 1.82) is 0 Å². The minimum Gasteiger partial charge on any atom is -0.367 e. The van der Waals surface area contributed by atoms with Crippen LogP contribution in [0.1, 0.15) is 82.3 Å². The molecular formula is C16H24N2O3. The maximum Gasteiger partial charge on any atom is 0.229 e. The van der Waals surface area contributed by atoms with Gasteiger partial charge in [0, 0.05) is 25.4 Å². The van der Waals surface area contributed by atoms with Crippen LogP contribution in [0.15, 0.2) is 4.52 Å². The van der Waals surface area contributed by atoms with Gasteiger partial charge in [0.15, 0.2) is 0 Å². The molecule has 0 saturated heterocycles. The molecular weight excluding hydrogens is 268 g/mol. The van der Waals surface area contributed by atoms with Gasteiger partial charge in [-0.3, -0.25) is 4.79 Å². The van der Waals surface area contributed by atoms with Gasteiger partial charge in [-0.25, -0.2) is 0 Å². The average Bonchev–Trinajstić information content (AvgIpc) is 3.00. The van der Waals surface area contributed by atoms with Crippen LogP contribution in [0.2, 0.25) is 0 Å². The van der Waals surface area contributed by atoms with Gasteiger partial charge in [-0.2, -0.15) is 4.98 Å². The van der Waals surface area contributed by atoms with E-state index in [-0.39, 0.29) is 11.5 Å². The zero-order valence-corrected chi connectivity index (χ0v) is 12.8. The van der Waals surface area contributed by atoms with E-state index in [4.69, 9.17) is 9.26 Å². The van der Waals surface area contributed by atoms with Crippen LogP contribution in [0.25, 0.3) is 0 Å². The van der Waals surface area contributed by atoms with Crippen molar-refractivity contribution in [1.82, 2.24) is 10.1 Å². The van der Waals surface area contributed by atoms with Crippen LogP contribution >= 0.6 is 0 Å². The second kappa shape index (κ2) is 6.26. The molecule has 0 atom stereocenters. The number of Topliss-reactive ketones (excluding diaryl/α,β-unsaturated/α-hetero) is 1. The lowest BCUT2D eigenvalue weighted by atomic mass is 9.84. The first-order valence-electron chi connectivity index (χ1n) is 8.23. The molecule has 116 valence electrons.